The second-order valence-electron chi connectivity index (χ2n) is 5.78. The first kappa shape index (κ1) is 15.8. The molecule has 0 spiro atoms. The monoisotopic (exact) mass is 335 g/mol. The van der Waals surface area contributed by atoms with Crippen molar-refractivity contribution in [1.82, 2.24) is 0 Å². The topological polar surface area (TPSA) is 46.2 Å². The Bertz CT molecular complexity index is 777. The zero-order chi connectivity index (χ0) is 16.7. The van der Waals surface area contributed by atoms with Crippen LogP contribution in [-0.2, 0) is 4.79 Å². The van der Waals surface area contributed by atoms with Crippen molar-refractivity contribution >= 4 is 28.7 Å². The number of hydrogen-bond donors (Lipinski definition) is 1. The number of anilines is 1. The molecule has 0 aliphatic heterocycles. The summed E-state index contributed by atoms with van der Waals surface area (Å²) in [4.78, 5) is 24.5. The van der Waals surface area contributed by atoms with Crippen LogP contribution in [0.3, 0.4) is 0 Å². The lowest BCUT2D eigenvalue weighted by atomic mass is 10.1. The Morgan fingerprint density at radius 2 is 1.91 bits per heavy atom. The predicted octanol–water partition coefficient (Wildman–Crippen LogP) is 4.28. The highest BCUT2D eigenvalue weighted by Crippen LogP contribution is 2.50. The summed E-state index contributed by atoms with van der Waals surface area (Å²) >= 11 is 1.59. The Kier molecular flexibility index (Phi) is 4.02. The summed E-state index contributed by atoms with van der Waals surface area (Å²) < 4.78 is 27.9. The minimum atomic E-state index is -0.937. The van der Waals surface area contributed by atoms with E-state index >= 15 is 0 Å². The lowest BCUT2D eigenvalue weighted by Crippen LogP contribution is -2.17. The number of rotatable bonds is 4. The van der Waals surface area contributed by atoms with Gasteiger partial charge in [0.2, 0.25) is 5.91 Å². The quantitative estimate of drug-likeness (QED) is 0.848. The number of carbonyl (C=O) groups is 2. The Morgan fingerprint density at radius 3 is 2.43 bits per heavy atom. The third kappa shape index (κ3) is 3.03. The normalized spacial score (nSPS) is 19.5. The van der Waals surface area contributed by atoms with E-state index in [1.807, 2.05) is 18.4 Å². The molecule has 2 atom stereocenters. The summed E-state index contributed by atoms with van der Waals surface area (Å²) in [5.74, 6) is -2.84. The average molecular weight is 335 g/mol. The van der Waals surface area contributed by atoms with Crippen molar-refractivity contribution in [3.63, 3.8) is 0 Å². The van der Waals surface area contributed by atoms with Gasteiger partial charge in [-0.3, -0.25) is 9.59 Å². The van der Waals surface area contributed by atoms with E-state index in [9.17, 15) is 18.4 Å². The second-order valence-corrected chi connectivity index (χ2v) is 6.72. The Labute approximate surface area is 136 Å². The van der Waals surface area contributed by atoms with Gasteiger partial charge in [-0.25, -0.2) is 8.78 Å². The number of nitrogens with one attached hydrogen (secondary N) is 1. The number of halogens is 2. The summed E-state index contributed by atoms with van der Waals surface area (Å²) in [6, 6.07) is 3.87. The van der Waals surface area contributed by atoms with Crippen LogP contribution >= 0.6 is 11.3 Å². The molecular weight excluding hydrogens is 320 g/mol. The maximum atomic E-state index is 13.9. The fourth-order valence-electron chi connectivity index (χ4n) is 2.65. The van der Waals surface area contributed by atoms with Gasteiger partial charge in [0, 0.05) is 22.3 Å². The molecule has 2 aromatic rings. The first-order valence-corrected chi connectivity index (χ1v) is 8.11. The molecule has 6 heteroatoms. The number of Topliss-reactive ketones (excluding diaryl/α,β-unsaturated/α-hetero) is 1. The Morgan fingerprint density at radius 1 is 1.26 bits per heavy atom. The van der Waals surface area contributed by atoms with Crippen molar-refractivity contribution in [1.29, 1.82) is 0 Å². The van der Waals surface area contributed by atoms with Crippen molar-refractivity contribution in [2.45, 2.75) is 26.2 Å². The number of thiophene rings is 1. The molecule has 0 unspecified atom stereocenters. The molecule has 3 nitrogen and oxygen atoms in total. The summed E-state index contributed by atoms with van der Waals surface area (Å²) in [7, 11) is 0. The lowest BCUT2D eigenvalue weighted by molar-refractivity contribution is -0.117. The maximum absolute atomic E-state index is 13.9. The molecule has 1 aliphatic carbocycles. The second kappa shape index (κ2) is 5.85. The summed E-state index contributed by atoms with van der Waals surface area (Å²) in [6.45, 7) is 3.21. The molecule has 1 heterocycles. The van der Waals surface area contributed by atoms with Gasteiger partial charge in [-0.15, -0.1) is 11.3 Å². The van der Waals surface area contributed by atoms with Crippen LogP contribution in [0.2, 0.25) is 0 Å². The number of aryl methyl sites for hydroxylation is 1. The third-order valence-electron chi connectivity index (χ3n) is 4.06. The van der Waals surface area contributed by atoms with Gasteiger partial charge in [0.25, 0.3) is 0 Å². The van der Waals surface area contributed by atoms with E-state index in [0.29, 0.717) is 6.42 Å². The van der Waals surface area contributed by atoms with E-state index in [1.165, 1.54) is 6.92 Å². The van der Waals surface area contributed by atoms with Crippen LogP contribution in [0, 0.1) is 24.5 Å². The van der Waals surface area contributed by atoms with Crippen LogP contribution in [0.4, 0.5) is 14.5 Å². The molecular formula is C17H15F2NO2S. The zero-order valence-electron chi connectivity index (χ0n) is 12.7. The number of hydrogen-bond acceptors (Lipinski definition) is 3. The molecule has 1 amide bonds. The van der Waals surface area contributed by atoms with Crippen LogP contribution in [0.1, 0.15) is 40.1 Å². The minimum Gasteiger partial charge on any atom is -0.321 e. The summed E-state index contributed by atoms with van der Waals surface area (Å²) in [5, 5.41) is 4.29. The van der Waals surface area contributed by atoms with Gasteiger partial charge < -0.3 is 5.32 Å². The first-order valence-electron chi connectivity index (χ1n) is 7.23. The Hall–Kier alpha value is -2.08. The Balaban J connectivity index is 1.75. The van der Waals surface area contributed by atoms with Gasteiger partial charge in [0.05, 0.1) is 0 Å². The molecule has 120 valence electrons. The highest BCUT2D eigenvalue weighted by Gasteiger charge is 2.45. The van der Waals surface area contributed by atoms with Crippen molar-refractivity contribution < 1.29 is 18.4 Å². The van der Waals surface area contributed by atoms with E-state index in [4.69, 9.17) is 0 Å². The summed E-state index contributed by atoms with van der Waals surface area (Å²) in [5.41, 5.74) is 0.587. The molecule has 3 rings (SSSR count). The molecule has 0 radical (unpaired) electrons. The third-order valence-corrected chi connectivity index (χ3v) is 5.21. The molecule has 0 saturated heterocycles. The number of benzene rings is 1. The van der Waals surface area contributed by atoms with Gasteiger partial charge >= 0.3 is 0 Å². The minimum absolute atomic E-state index is 0.0588. The molecule has 1 fully saturated rings. The van der Waals surface area contributed by atoms with Gasteiger partial charge in [-0.1, -0.05) is 0 Å². The average Bonchev–Trinajstić information content (AvgIpc) is 3.17. The van der Waals surface area contributed by atoms with Crippen LogP contribution < -0.4 is 5.32 Å². The standard InChI is InChI=1S/C17H15F2NO2S/c1-8-3-4-23-16(8)11-7-12(11)17(22)20-15-13(18)5-10(9(2)21)6-14(15)19/h3-6,11-12H,7H2,1-2H3,(H,20,22)/t11-,12-/m0/s1. The van der Waals surface area contributed by atoms with E-state index in [-0.39, 0.29) is 17.4 Å². The van der Waals surface area contributed by atoms with Gasteiger partial charge in [-0.05, 0) is 49.4 Å². The molecule has 1 N–H and O–H groups in total. The smallest absolute Gasteiger partial charge is 0.228 e. The van der Waals surface area contributed by atoms with Crippen LogP contribution in [0.5, 0.6) is 0 Å². The lowest BCUT2D eigenvalue weighted by Gasteiger charge is -2.09. The van der Waals surface area contributed by atoms with Crippen LogP contribution in [0.15, 0.2) is 23.6 Å². The van der Waals surface area contributed by atoms with Crippen molar-refractivity contribution in [3.05, 3.63) is 51.2 Å². The molecule has 1 aromatic carbocycles. The van der Waals surface area contributed by atoms with Crippen molar-refractivity contribution in [3.8, 4) is 0 Å². The molecule has 1 aromatic heterocycles. The molecule has 0 bridgehead atoms. The van der Waals surface area contributed by atoms with Gasteiger partial charge in [0.15, 0.2) is 5.78 Å². The number of ketones is 1. The fraction of sp³-hybridized carbons (Fsp3) is 0.294. The maximum Gasteiger partial charge on any atom is 0.228 e. The van der Waals surface area contributed by atoms with E-state index < -0.39 is 29.0 Å². The highest BCUT2D eigenvalue weighted by atomic mass is 32.1. The zero-order valence-corrected chi connectivity index (χ0v) is 13.5. The van der Waals surface area contributed by atoms with Gasteiger partial charge in [0.1, 0.15) is 17.3 Å². The fourth-order valence-corrected chi connectivity index (χ4v) is 3.76. The summed E-state index contributed by atoms with van der Waals surface area (Å²) in [6.07, 6.45) is 0.682. The van der Waals surface area contributed by atoms with Crippen molar-refractivity contribution in [2.24, 2.45) is 5.92 Å². The van der Waals surface area contributed by atoms with E-state index in [1.54, 1.807) is 11.3 Å². The number of amides is 1. The molecule has 1 saturated carbocycles. The van der Waals surface area contributed by atoms with E-state index in [2.05, 4.69) is 5.32 Å². The van der Waals surface area contributed by atoms with Crippen LogP contribution in [0.25, 0.3) is 0 Å². The first-order chi connectivity index (χ1) is 10.9. The van der Waals surface area contributed by atoms with Crippen molar-refractivity contribution in [2.75, 3.05) is 5.32 Å². The van der Waals surface area contributed by atoms with Crippen LogP contribution in [-0.4, -0.2) is 11.7 Å². The highest BCUT2D eigenvalue weighted by molar-refractivity contribution is 7.10. The predicted molar refractivity (Wildman–Crippen MR) is 84.9 cm³/mol. The van der Waals surface area contributed by atoms with E-state index in [0.717, 1.165) is 22.6 Å². The molecule has 1 aliphatic rings. The largest absolute Gasteiger partial charge is 0.321 e. The number of carbonyl (C=O) groups excluding carboxylic acids is 2. The SMILES string of the molecule is CC(=O)c1cc(F)c(NC(=O)[C@H]2C[C@@H]2c2sccc2C)c(F)c1. The van der Waals surface area contributed by atoms with Gasteiger partial charge in [-0.2, -0.15) is 0 Å². The molecule has 23 heavy (non-hydrogen) atoms.